The first-order chi connectivity index (χ1) is 4.86. The summed E-state index contributed by atoms with van der Waals surface area (Å²) in [6.07, 6.45) is 0. The largest absolute Gasteiger partial charge is 2.00 e. The van der Waals surface area contributed by atoms with E-state index in [4.69, 9.17) is 10.1 Å². The summed E-state index contributed by atoms with van der Waals surface area (Å²) in [4.78, 5) is 2.99. The Labute approximate surface area is 114 Å². The van der Waals surface area contributed by atoms with Crippen molar-refractivity contribution in [1.82, 2.24) is 0 Å². The average molecular weight is 307 g/mol. The molecule has 1 aromatic rings. The second-order valence-electron chi connectivity index (χ2n) is 1.80. The van der Waals surface area contributed by atoms with E-state index in [9.17, 15) is 0 Å². The zero-order valence-corrected chi connectivity index (χ0v) is 12.7. The molecule has 14 heavy (non-hydrogen) atoms. The molecule has 0 aromatic heterocycles. The van der Waals surface area contributed by atoms with Crippen molar-refractivity contribution in [1.29, 1.82) is 5.39 Å². The number of nitrogens with zero attached hydrogens (tertiary/aromatic N) is 2. The summed E-state index contributed by atoms with van der Waals surface area (Å²) in [5.41, 5.74) is 0.529. The minimum atomic E-state index is 0. The molecule has 1 rings (SSSR count). The summed E-state index contributed by atoms with van der Waals surface area (Å²) in [7, 11) is 1.59. The van der Waals surface area contributed by atoms with Crippen LogP contribution in [0.5, 0.6) is 5.75 Å². The van der Waals surface area contributed by atoms with Crippen molar-refractivity contribution in [2.24, 2.45) is 0 Å². The predicted molar refractivity (Wildman–Crippen MR) is 37.7 cm³/mol. The molecule has 3 nitrogen and oxygen atoms in total. The number of methoxy groups -OCH3 is 1. The number of benzene rings is 1. The van der Waals surface area contributed by atoms with Crippen molar-refractivity contribution in [2.75, 3.05) is 7.11 Å². The molecule has 0 N–H and O–H groups in total. The van der Waals surface area contributed by atoms with Crippen LogP contribution in [-0.2, 0) is 19.5 Å². The smallest absolute Gasteiger partial charge is 1.00 e. The fourth-order valence-corrected chi connectivity index (χ4v) is 0.649. The van der Waals surface area contributed by atoms with Gasteiger partial charge in [0.15, 0.2) is 4.98 Å². The SMILES string of the molecule is COc1ccc([N+]#N)cc1.[Cl-].[Cl-].[Cl-].[Zn+2]. The molecule has 0 spiro atoms. The molecule has 0 unspecified atom stereocenters. The van der Waals surface area contributed by atoms with Crippen molar-refractivity contribution in [2.45, 2.75) is 0 Å². The van der Waals surface area contributed by atoms with E-state index in [0.29, 0.717) is 5.69 Å². The van der Waals surface area contributed by atoms with Gasteiger partial charge in [-0.15, -0.1) is 0 Å². The number of rotatable bonds is 1. The van der Waals surface area contributed by atoms with Crippen LogP contribution in [0.3, 0.4) is 0 Å². The van der Waals surface area contributed by atoms with E-state index in [0.717, 1.165) is 5.75 Å². The van der Waals surface area contributed by atoms with Gasteiger partial charge in [-0.2, -0.15) is 0 Å². The molecular weight excluding hydrogens is 300 g/mol. The minimum Gasteiger partial charge on any atom is -1.00 e. The third-order valence-corrected chi connectivity index (χ3v) is 1.19. The first kappa shape index (κ1) is 23.6. The Kier molecular flexibility index (Phi) is 21.8. The summed E-state index contributed by atoms with van der Waals surface area (Å²) >= 11 is 0. The van der Waals surface area contributed by atoms with Crippen LogP contribution < -0.4 is 42.0 Å². The molecule has 0 fully saturated rings. The number of hydrogen-bond acceptors (Lipinski definition) is 2. The van der Waals surface area contributed by atoms with E-state index in [1.807, 2.05) is 0 Å². The number of ether oxygens (including phenoxy) is 1. The summed E-state index contributed by atoms with van der Waals surface area (Å²) < 4.78 is 4.89. The Bertz CT molecular complexity index is 263. The van der Waals surface area contributed by atoms with Gasteiger partial charge in [0.25, 0.3) is 0 Å². The van der Waals surface area contributed by atoms with Crippen LogP contribution in [0.1, 0.15) is 0 Å². The van der Waals surface area contributed by atoms with Crippen molar-refractivity contribution in [3.8, 4) is 5.75 Å². The molecule has 0 saturated carbocycles. The molecule has 0 atom stereocenters. The van der Waals surface area contributed by atoms with Crippen molar-refractivity contribution >= 4 is 5.69 Å². The molecule has 0 amide bonds. The minimum absolute atomic E-state index is 0. The van der Waals surface area contributed by atoms with Crippen LogP contribution in [0.25, 0.3) is 4.98 Å². The number of diazo groups is 1. The van der Waals surface area contributed by atoms with Crippen LogP contribution in [0.2, 0.25) is 0 Å². The summed E-state index contributed by atoms with van der Waals surface area (Å²) in [5, 5.41) is 8.29. The molecule has 1 aromatic carbocycles. The van der Waals surface area contributed by atoms with Gasteiger partial charge in [-0.25, -0.2) is 0 Å². The Hall–Kier alpha value is -0.0666. The van der Waals surface area contributed by atoms with E-state index < -0.39 is 0 Å². The third kappa shape index (κ3) is 7.35. The van der Waals surface area contributed by atoms with Gasteiger partial charge in [0.05, 0.1) is 7.11 Å². The predicted octanol–water partition coefficient (Wildman–Crippen LogP) is -6.81. The molecule has 74 valence electrons. The van der Waals surface area contributed by atoms with Crippen LogP contribution in [0.4, 0.5) is 5.69 Å². The first-order valence-electron chi connectivity index (χ1n) is 2.86. The fraction of sp³-hybridized carbons (Fsp3) is 0.143. The van der Waals surface area contributed by atoms with Gasteiger partial charge in [-0.05, 0) is 12.1 Å². The standard InChI is InChI=1S/C7H7N2O.3ClH.Zn/c1-10-7-4-2-6(9-8)3-5-7;;;;/h2-5H,1H3;3*1H;/q+1;;;;+2/p-3. The maximum atomic E-state index is 8.29. The van der Waals surface area contributed by atoms with E-state index in [-0.39, 0.29) is 56.7 Å². The summed E-state index contributed by atoms with van der Waals surface area (Å²) in [6, 6.07) is 6.79. The molecule has 0 radical (unpaired) electrons. The molecule has 0 heterocycles. The topological polar surface area (TPSA) is 37.4 Å². The summed E-state index contributed by atoms with van der Waals surface area (Å²) in [5.74, 6) is 0.757. The van der Waals surface area contributed by atoms with Gasteiger partial charge in [0.2, 0.25) is 5.39 Å². The normalized spacial score (nSPS) is 6.00. The van der Waals surface area contributed by atoms with Gasteiger partial charge in [-0.3, -0.25) is 0 Å². The second kappa shape index (κ2) is 12.9. The molecular formula is C7H7Cl3N2OZn. The van der Waals surface area contributed by atoms with E-state index in [1.165, 1.54) is 0 Å². The van der Waals surface area contributed by atoms with Crippen molar-refractivity contribution in [3.63, 3.8) is 0 Å². The zero-order valence-electron chi connectivity index (χ0n) is 7.45. The zero-order chi connectivity index (χ0) is 7.40. The maximum absolute atomic E-state index is 8.29. The summed E-state index contributed by atoms with van der Waals surface area (Å²) in [6.45, 7) is 0. The van der Waals surface area contributed by atoms with Crippen LogP contribution >= 0.6 is 0 Å². The van der Waals surface area contributed by atoms with Crippen LogP contribution in [0.15, 0.2) is 24.3 Å². The molecule has 0 bridgehead atoms. The Morgan fingerprint density at radius 3 is 1.79 bits per heavy atom. The van der Waals surface area contributed by atoms with Gasteiger partial charge in [0.1, 0.15) is 5.75 Å². The van der Waals surface area contributed by atoms with Crippen molar-refractivity contribution < 1.29 is 61.4 Å². The average Bonchev–Trinajstić information content (AvgIpc) is 2.05. The van der Waals surface area contributed by atoms with E-state index in [1.54, 1.807) is 31.4 Å². The Morgan fingerprint density at radius 1 is 1.07 bits per heavy atom. The third-order valence-electron chi connectivity index (χ3n) is 1.19. The quantitative estimate of drug-likeness (QED) is 0.382. The van der Waals surface area contributed by atoms with E-state index in [2.05, 4.69) is 4.98 Å². The molecule has 0 aliphatic heterocycles. The second-order valence-corrected chi connectivity index (χ2v) is 1.80. The monoisotopic (exact) mass is 304 g/mol. The maximum Gasteiger partial charge on any atom is 2.00 e. The first-order valence-corrected chi connectivity index (χ1v) is 2.86. The van der Waals surface area contributed by atoms with Gasteiger partial charge in [-0.1, -0.05) is 0 Å². The van der Waals surface area contributed by atoms with Crippen LogP contribution in [-0.4, -0.2) is 7.11 Å². The van der Waals surface area contributed by atoms with E-state index >= 15 is 0 Å². The fourth-order valence-electron chi connectivity index (χ4n) is 0.649. The van der Waals surface area contributed by atoms with Gasteiger partial charge < -0.3 is 42.0 Å². The molecule has 0 aliphatic carbocycles. The van der Waals surface area contributed by atoms with Gasteiger partial charge in [0, 0.05) is 12.1 Å². The molecule has 0 saturated heterocycles. The Balaban J connectivity index is -0.000000125. The van der Waals surface area contributed by atoms with Gasteiger partial charge >= 0.3 is 25.2 Å². The number of hydrogen-bond donors (Lipinski definition) is 0. The van der Waals surface area contributed by atoms with Crippen LogP contribution in [0, 0.1) is 5.39 Å². The Morgan fingerprint density at radius 2 is 1.50 bits per heavy atom. The number of halogens is 3. The van der Waals surface area contributed by atoms with Crippen molar-refractivity contribution in [3.05, 3.63) is 29.2 Å². The molecule has 7 heteroatoms. The molecule has 0 aliphatic rings.